The van der Waals surface area contributed by atoms with Gasteiger partial charge in [0, 0.05) is 60.2 Å². The largest absolute Gasteiger partial charge is 0.380 e. The highest BCUT2D eigenvalue weighted by Crippen LogP contribution is 2.41. The topological polar surface area (TPSA) is 66.0 Å². The Hall–Kier alpha value is -2.35. The molecule has 0 unspecified atom stereocenters. The first kappa shape index (κ1) is 19.9. The zero-order valence-corrected chi connectivity index (χ0v) is 17.4. The highest BCUT2D eigenvalue weighted by molar-refractivity contribution is 7.99. The lowest BCUT2D eigenvalue weighted by Crippen LogP contribution is -2.46. The number of amidine groups is 1. The quantitative estimate of drug-likeness (QED) is 0.742. The Morgan fingerprint density at radius 3 is 2.86 bits per heavy atom. The number of rotatable bonds is 5. The SMILES string of the molecule is CCOCCNC(=O)c1ccc2c(c1)N=C(N1CCNCC1)c1ccccc1S2. The minimum absolute atomic E-state index is 0.0989. The first-order valence-corrected chi connectivity index (χ1v) is 10.9. The van der Waals surface area contributed by atoms with Crippen LogP contribution in [-0.2, 0) is 4.74 Å². The number of nitrogens with one attached hydrogen (secondary N) is 2. The molecule has 0 spiro atoms. The van der Waals surface area contributed by atoms with E-state index < -0.39 is 0 Å². The van der Waals surface area contributed by atoms with E-state index in [0.717, 1.165) is 48.2 Å². The Balaban J connectivity index is 1.65. The lowest BCUT2D eigenvalue weighted by atomic mass is 10.1. The van der Waals surface area contributed by atoms with Crippen molar-refractivity contribution in [3.05, 3.63) is 53.6 Å². The third-order valence-electron chi connectivity index (χ3n) is 4.95. The fourth-order valence-electron chi connectivity index (χ4n) is 3.47. The molecule has 0 aliphatic carbocycles. The van der Waals surface area contributed by atoms with Crippen LogP contribution < -0.4 is 10.6 Å². The average Bonchev–Trinajstić information content (AvgIpc) is 2.93. The van der Waals surface area contributed by atoms with Gasteiger partial charge in [0.15, 0.2) is 0 Å². The van der Waals surface area contributed by atoms with E-state index in [2.05, 4.69) is 39.8 Å². The Morgan fingerprint density at radius 1 is 1.21 bits per heavy atom. The summed E-state index contributed by atoms with van der Waals surface area (Å²) in [6, 6.07) is 14.2. The number of piperazine rings is 1. The maximum atomic E-state index is 12.5. The van der Waals surface area contributed by atoms with Crippen LogP contribution in [0.5, 0.6) is 0 Å². The molecular weight excluding hydrogens is 384 g/mol. The van der Waals surface area contributed by atoms with Crippen LogP contribution in [0.15, 0.2) is 57.2 Å². The Morgan fingerprint density at radius 2 is 2.03 bits per heavy atom. The fourth-order valence-corrected chi connectivity index (χ4v) is 4.46. The number of carbonyl (C=O) groups excluding carboxylic acids is 1. The van der Waals surface area contributed by atoms with Crippen molar-refractivity contribution in [3.63, 3.8) is 0 Å². The summed E-state index contributed by atoms with van der Waals surface area (Å²) in [5.41, 5.74) is 2.62. The average molecular weight is 411 g/mol. The predicted octanol–water partition coefficient (Wildman–Crippen LogP) is 2.90. The zero-order chi connectivity index (χ0) is 20.1. The molecule has 152 valence electrons. The van der Waals surface area contributed by atoms with Gasteiger partial charge in [-0.05, 0) is 31.2 Å². The van der Waals surface area contributed by atoms with E-state index in [1.807, 2.05) is 25.1 Å². The molecule has 1 amide bonds. The van der Waals surface area contributed by atoms with Gasteiger partial charge in [-0.15, -0.1) is 0 Å². The first-order valence-electron chi connectivity index (χ1n) is 10.1. The van der Waals surface area contributed by atoms with Crippen LogP contribution >= 0.6 is 11.8 Å². The van der Waals surface area contributed by atoms with Crippen LogP contribution in [0.4, 0.5) is 5.69 Å². The van der Waals surface area contributed by atoms with E-state index in [9.17, 15) is 4.79 Å². The van der Waals surface area contributed by atoms with Gasteiger partial charge in [0.25, 0.3) is 5.91 Å². The lowest BCUT2D eigenvalue weighted by molar-refractivity contribution is 0.0922. The summed E-state index contributed by atoms with van der Waals surface area (Å²) in [5.74, 6) is 0.889. The summed E-state index contributed by atoms with van der Waals surface area (Å²) < 4.78 is 5.29. The fraction of sp³-hybridized carbons (Fsp3) is 0.364. The van der Waals surface area contributed by atoms with Crippen molar-refractivity contribution in [1.82, 2.24) is 15.5 Å². The van der Waals surface area contributed by atoms with Crippen molar-refractivity contribution in [2.24, 2.45) is 4.99 Å². The molecule has 0 aromatic heterocycles. The van der Waals surface area contributed by atoms with Gasteiger partial charge in [-0.2, -0.15) is 0 Å². The third kappa shape index (κ3) is 4.63. The van der Waals surface area contributed by atoms with Crippen molar-refractivity contribution >= 4 is 29.2 Å². The maximum absolute atomic E-state index is 12.5. The molecule has 2 aromatic rings. The molecule has 0 bridgehead atoms. The third-order valence-corrected chi connectivity index (χ3v) is 6.09. The highest BCUT2D eigenvalue weighted by Gasteiger charge is 2.23. The van der Waals surface area contributed by atoms with Gasteiger partial charge in [-0.25, -0.2) is 4.99 Å². The molecular formula is C22H26N4O2S. The van der Waals surface area contributed by atoms with Crippen molar-refractivity contribution in [3.8, 4) is 0 Å². The number of aliphatic imine (C=N–C) groups is 1. The first-order chi connectivity index (χ1) is 14.3. The van der Waals surface area contributed by atoms with Crippen LogP contribution in [0.2, 0.25) is 0 Å². The smallest absolute Gasteiger partial charge is 0.251 e. The summed E-state index contributed by atoms with van der Waals surface area (Å²) in [4.78, 5) is 22.2. The van der Waals surface area contributed by atoms with E-state index in [0.29, 0.717) is 25.3 Å². The number of hydrogen-bond acceptors (Lipinski definition) is 6. The normalized spacial score (nSPS) is 15.8. The van der Waals surface area contributed by atoms with E-state index >= 15 is 0 Å². The summed E-state index contributed by atoms with van der Waals surface area (Å²) in [5, 5.41) is 6.31. The molecule has 0 atom stereocenters. The molecule has 6 nitrogen and oxygen atoms in total. The second-order valence-electron chi connectivity index (χ2n) is 6.91. The van der Waals surface area contributed by atoms with Gasteiger partial charge >= 0.3 is 0 Å². The second kappa shape index (κ2) is 9.43. The number of fused-ring (bicyclic) bond motifs is 2. The minimum atomic E-state index is -0.0989. The lowest BCUT2D eigenvalue weighted by Gasteiger charge is -2.30. The van der Waals surface area contributed by atoms with Crippen LogP contribution in [-0.4, -0.2) is 62.6 Å². The van der Waals surface area contributed by atoms with Crippen LogP contribution in [0.25, 0.3) is 0 Å². The molecule has 2 aliphatic heterocycles. The second-order valence-corrected chi connectivity index (χ2v) is 7.99. The van der Waals surface area contributed by atoms with Crippen molar-refractivity contribution < 1.29 is 9.53 Å². The predicted molar refractivity (Wildman–Crippen MR) is 116 cm³/mol. The molecule has 2 aliphatic rings. The molecule has 0 saturated carbocycles. The van der Waals surface area contributed by atoms with Crippen molar-refractivity contribution in [2.45, 2.75) is 16.7 Å². The zero-order valence-electron chi connectivity index (χ0n) is 16.6. The van der Waals surface area contributed by atoms with Gasteiger partial charge in [-0.3, -0.25) is 4.79 Å². The number of benzene rings is 2. The van der Waals surface area contributed by atoms with Crippen molar-refractivity contribution in [2.75, 3.05) is 45.9 Å². The van der Waals surface area contributed by atoms with Crippen LogP contribution in [0.3, 0.4) is 0 Å². The number of nitrogens with zero attached hydrogens (tertiary/aromatic N) is 2. The molecule has 0 radical (unpaired) electrons. The summed E-state index contributed by atoms with van der Waals surface area (Å²) in [7, 11) is 0. The Kier molecular flexibility index (Phi) is 6.49. The maximum Gasteiger partial charge on any atom is 0.251 e. The Labute approximate surface area is 175 Å². The van der Waals surface area contributed by atoms with Gasteiger partial charge in [0.1, 0.15) is 5.84 Å². The number of ether oxygens (including phenoxy) is 1. The van der Waals surface area contributed by atoms with E-state index in [1.54, 1.807) is 11.8 Å². The van der Waals surface area contributed by atoms with Crippen LogP contribution in [0.1, 0.15) is 22.8 Å². The van der Waals surface area contributed by atoms with E-state index in [1.165, 1.54) is 4.90 Å². The standard InChI is InChI=1S/C22H26N4O2S/c1-2-28-14-11-24-22(27)16-7-8-20-18(15-16)25-21(26-12-9-23-10-13-26)17-5-3-4-6-19(17)29-20/h3-8,15,23H,2,9-14H2,1H3,(H,24,27). The van der Waals surface area contributed by atoms with Crippen molar-refractivity contribution in [1.29, 1.82) is 0 Å². The van der Waals surface area contributed by atoms with Gasteiger partial charge in [0.05, 0.1) is 12.3 Å². The molecule has 29 heavy (non-hydrogen) atoms. The number of amides is 1. The summed E-state index contributed by atoms with van der Waals surface area (Å²) in [6.45, 7) is 7.35. The van der Waals surface area contributed by atoms with Gasteiger partial charge in [0.2, 0.25) is 0 Å². The summed E-state index contributed by atoms with van der Waals surface area (Å²) >= 11 is 1.71. The number of hydrogen-bond donors (Lipinski definition) is 2. The molecule has 2 aromatic carbocycles. The highest BCUT2D eigenvalue weighted by atomic mass is 32.2. The molecule has 4 rings (SSSR count). The molecule has 2 heterocycles. The molecule has 1 fully saturated rings. The monoisotopic (exact) mass is 410 g/mol. The number of carbonyl (C=O) groups is 1. The molecule has 2 N–H and O–H groups in total. The molecule has 1 saturated heterocycles. The van der Waals surface area contributed by atoms with Gasteiger partial charge in [-0.1, -0.05) is 30.0 Å². The minimum Gasteiger partial charge on any atom is -0.380 e. The van der Waals surface area contributed by atoms with E-state index in [4.69, 9.17) is 9.73 Å². The summed E-state index contributed by atoms with van der Waals surface area (Å²) in [6.07, 6.45) is 0. The van der Waals surface area contributed by atoms with Crippen LogP contribution in [0, 0.1) is 0 Å². The van der Waals surface area contributed by atoms with E-state index in [-0.39, 0.29) is 5.91 Å². The Bertz CT molecular complexity index is 909. The molecule has 7 heteroatoms. The van der Waals surface area contributed by atoms with Gasteiger partial charge < -0.3 is 20.3 Å².